The average Bonchev–Trinajstić information content (AvgIpc) is 3.20. The molecule has 0 amide bonds. The fourth-order valence-corrected chi connectivity index (χ4v) is 9.27. The van der Waals surface area contributed by atoms with Gasteiger partial charge in [0, 0.05) is 17.3 Å². The van der Waals surface area contributed by atoms with E-state index in [4.69, 9.17) is 4.74 Å². The quantitative estimate of drug-likeness (QED) is 0.305. The molecule has 0 saturated heterocycles. The molecule has 0 radical (unpaired) electrons. The molecule has 232 valence electrons. The molecule has 10 unspecified atom stereocenters. The molecule has 5 rings (SSSR count). The molecule has 1 aromatic rings. The molecule has 1 aromatic carbocycles. The highest BCUT2D eigenvalue weighted by molar-refractivity contribution is 5.95. The molecule has 0 spiro atoms. The van der Waals surface area contributed by atoms with E-state index in [2.05, 4.69) is 0 Å². The van der Waals surface area contributed by atoms with Crippen LogP contribution in [0.4, 0.5) is 0 Å². The summed E-state index contributed by atoms with van der Waals surface area (Å²) in [7, 11) is 0. The normalized spacial score (nSPS) is 40.2. The molecule has 5 N–H and O–H groups in total. The van der Waals surface area contributed by atoms with Crippen LogP contribution < -0.4 is 0 Å². The van der Waals surface area contributed by atoms with Crippen LogP contribution in [-0.2, 0) is 9.53 Å². The van der Waals surface area contributed by atoms with Gasteiger partial charge in [-0.1, -0.05) is 32.0 Å². The van der Waals surface area contributed by atoms with Gasteiger partial charge in [0.05, 0.1) is 35.1 Å². The highest BCUT2D eigenvalue weighted by Crippen LogP contribution is 2.69. The summed E-state index contributed by atoms with van der Waals surface area (Å²) in [6, 6.07) is 8.62. The predicted octanol–water partition coefficient (Wildman–Crippen LogP) is 3.72. The number of esters is 1. The van der Waals surface area contributed by atoms with E-state index in [1.807, 2.05) is 13.8 Å². The lowest BCUT2D eigenvalue weighted by Crippen LogP contribution is -2.63. The van der Waals surface area contributed by atoms with E-state index in [0.29, 0.717) is 36.8 Å². The standard InChI is InChI=1S/C34H48O8/c1-30(2,40)14-13-28(38)33(5,42-29(39)20-9-7-6-8-10-20)27-12-16-34(41)22-17-24(35)23-18-25(36)26(37)19-31(23,3)21(22)11-15-32(27,34)4/h6-10,17,21,23,25-28,36-38,40-41H,11-16,18-19H2,1-5H3. The van der Waals surface area contributed by atoms with E-state index < -0.39 is 63.8 Å². The van der Waals surface area contributed by atoms with Crippen molar-refractivity contribution in [2.45, 2.75) is 121 Å². The minimum Gasteiger partial charge on any atom is -0.453 e. The van der Waals surface area contributed by atoms with Gasteiger partial charge in [0.1, 0.15) is 5.60 Å². The molecule has 3 saturated carbocycles. The molecular formula is C34H48O8. The fraction of sp³-hybridized carbons (Fsp3) is 0.706. The van der Waals surface area contributed by atoms with Crippen molar-refractivity contribution in [2.75, 3.05) is 0 Å². The number of fused-ring (bicyclic) bond motifs is 5. The van der Waals surface area contributed by atoms with Crippen molar-refractivity contribution in [3.05, 3.63) is 47.5 Å². The summed E-state index contributed by atoms with van der Waals surface area (Å²) in [5, 5.41) is 55.7. The van der Waals surface area contributed by atoms with Crippen molar-refractivity contribution in [1.29, 1.82) is 0 Å². The van der Waals surface area contributed by atoms with Crippen molar-refractivity contribution in [3.63, 3.8) is 0 Å². The zero-order valence-corrected chi connectivity index (χ0v) is 25.5. The van der Waals surface area contributed by atoms with Crippen LogP contribution in [-0.4, -0.2) is 72.4 Å². The maximum absolute atomic E-state index is 13.5. The number of allylic oxidation sites excluding steroid dienone is 1. The number of benzene rings is 1. The van der Waals surface area contributed by atoms with Crippen LogP contribution in [0.15, 0.2) is 42.0 Å². The zero-order valence-electron chi connectivity index (χ0n) is 25.5. The lowest BCUT2D eigenvalue weighted by molar-refractivity contribution is -0.178. The van der Waals surface area contributed by atoms with E-state index in [-0.39, 0.29) is 37.4 Å². The summed E-state index contributed by atoms with van der Waals surface area (Å²) in [6.45, 7) is 9.08. The monoisotopic (exact) mass is 584 g/mol. The summed E-state index contributed by atoms with van der Waals surface area (Å²) in [4.78, 5) is 27.0. The number of ketones is 1. The lowest BCUT2D eigenvalue weighted by Gasteiger charge is -2.61. The summed E-state index contributed by atoms with van der Waals surface area (Å²) in [5.41, 5.74) is -4.17. The summed E-state index contributed by atoms with van der Waals surface area (Å²) in [5.74, 6) is -1.70. The number of hydrogen-bond donors (Lipinski definition) is 5. The minimum atomic E-state index is -1.39. The van der Waals surface area contributed by atoms with Gasteiger partial charge in [-0.25, -0.2) is 4.79 Å². The molecular weight excluding hydrogens is 536 g/mol. The number of aliphatic hydroxyl groups excluding tert-OH is 3. The second kappa shape index (κ2) is 10.5. The fourth-order valence-electron chi connectivity index (χ4n) is 9.27. The van der Waals surface area contributed by atoms with E-state index in [9.17, 15) is 35.1 Å². The largest absolute Gasteiger partial charge is 0.453 e. The van der Waals surface area contributed by atoms with Crippen molar-refractivity contribution in [3.8, 4) is 0 Å². The lowest BCUT2D eigenvalue weighted by atomic mass is 9.45. The minimum absolute atomic E-state index is 0.126. The van der Waals surface area contributed by atoms with Crippen molar-refractivity contribution < 1.29 is 39.9 Å². The zero-order chi connectivity index (χ0) is 30.9. The van der Waals surface area contributed by atoms with Gasteiger partial charge in [-0.15, -0.1) is 0 Å². The van der Waals surface area contributed by atoms with Gasteiger partial charge >= 0.3 is 5.97 Å². The maximum Gasteiger partial charge on any atom is 0.338 e. The number of carbonyl (C=O) groups is 2. The van der Waals surface area contributed by atoms with Crippen LogP contribution >= 0.6 is 0 Å². The number of rotatable bonds is 7. The third-order valence-corrected chi connectivity index (χ3v) is 11.8. The summed E-state index contributed by atoms with van der Waals surface area (Å²) >= 11 is 0. The molecule has 42 heavy (non-hydrogen) atoms. The second-order valence-corrected chi connectivity index (χ2v) is 14.9. The second-order valence-electron chi connectivity index (χ2n) is 14.9. The van der Waals surface area contributed by atoms with Gasteiger partial charge < -0.3 is 30.3 Å². The van der Waals surface area contributed by atoms with Gasteiger partial charge in [-0.3, -0.25) is 4.79 Å². The number of aliphatic hydroxyl groups is 5. The molecule has 8 nitrogen and oxygen atoms in total. The van der Waals surface area contributed by atoms with Gasteiger partial charge in [0.25, 0.3) is 0 Å². The molecule has 0 aliphatic heterocycles. The average molecular weight is 585 g/mol. The van der Waals surface area contributed by atoms with Crippen LogP contribution in [0, 0.1) is 28.6 Å². The van der Waals surface area contributed by atoms with Crippen molar-refractivity contribution >= 4 is 11.8 Å². The highest BCUT2D eigenvalue weighted by Gasteiger charge is 2.70. The Labute approximate surface area is 248 Å². The molecule has 8 heteroatoms. The third-order valence-electron chi connectivity index (χ3n) is 11.8. The summed E-state index contributed by atoms with van der Waals surface area (Å²) < 4.78 is 6.25. The maximum atomic E-state index is 13.5. The van der Waals surface area contributed by atoms with Crippen LogP contribution in [0.3, 0.4) is 0 Å². The first-order chi connectivity index (χ1) is 19.5. The molecule has 4 aliphatic carbocycles. The first-order valence-electron chi connectivity index (χ1n) is 15.5. The van der Waals surface area contributed by atoms with Gasteiger partial charge in [0.15, 0.2) is 5.78 Å². The van der Waals surface area contributed by atoms with Crippen LogP contribution in [0.2, 0.25) is 0 Å². The molecule has 10 atom stereocenters. The molecule has 0 aromatic heterocycles. The van der Waals surface area contributed by atoms with Gasteiger partial charge in [-0.05, 0) is 107 Å². The molecule has 4 aliphatic rings. The Bertz CT molecular complexity index is 1240. The first kappa shape index (κ1) is 31.3. The Morgan fingerprint density at radius 3 is 2.36 bits per heavy atom. The highest BCUT2D eigenvalue weighted by atomic mass is 16.6. The number of carbonyl (C=O) groups excluding carboxylic acids is 2. The Morgan fingerprint density at radius 1 is 1.05 bits per heavy atom. The van der Waals surface area contributed by atoms with E-state index in [1.165, 1.54) is 0 Å². The van der Waals surface area contributed by atoms with E-state index in [0.717, 1.165) is 0 Å². The smallest absolute Gasteiger partial charge is 0.338 e. The Morgan fingerprint density at radius 2 is 1.71 bits per heavy atom. The van der Waals surface area contributed by atoms with Crippen LogP contribution in [0.25, 0.3) is 0 Å². The third kappa shape index (κ3) is 4.87. The summed E-state index contributed by atoms with van der Waals surface area (Å²) in [6.07, 6.45) is 1.61. The Kier molecular flexibility index (Phi) is 7.84. The van der Waals surface area contributed by atoms with Gasteiger partial charge in [-0.2, -0.15) is 0 Å². The van der Waals surface area contributed by atoms with Crippen LogP contribution in [0.1, 0.15) is 96.3 Å². The van der Waals surface area contributed by atoms with Crippen LogP contribution in [0.5, 0.6) is 0 Å². The SMILES string of the molecule is CC(C)(O)CCC(O)C(C)(OC(=O)c1ccccc1)C1CCC2(O)C3=CC(=O)C4CC(O)C(O)CC4(C)C3CCC12C. The Balaban J connectivity index is 1.53. The Hall–Kier alpha value is -2.10. The molecule has 3 fully saturated rings. The molecule has 0 heterocycles. The van der Waals surface area contributed by atoms with E-state index >= 15 is 0 Å². The van der Waals surface area contributed by atoms with E-state index in [1.54, 1.807) is 57.2 Å². The predicted molar refractivity (Wildman–Crippen MR) is 156 cm³/mol. The molecule has 0 bridgehead atoms. The van der Waals surface area contributed by atoms with Crippen molar-refractivity contribution in [1.82, 2.24) is 0 Å². The topological polar surface area (TPSA) is 145 Å². The van der Waals surface area contributed by atoms with Crippen molar-refractivity contribution in [2.24, 2.45) is 28.6 Å². The van der Waals surface area contributed by atoms with Gasteiger partial charge in [0.2, 0.25) is 0 Å². The first-order valence-corrected chi connectivity index (χ1v) is 15.5. The number of hydrogen-bond acceptors (Lipinski definition) is 8. The number of ether oxygens (including phenoxy) is 1.